The first-order valence-corrected chi connectivity index (χ1v) is 9.80. The Hall–Kier alpha value is -2.37. The molecule has 1 aromatic carbocycles. The van der Waals surface area contributed by atoms with Crippen LogP contribution in [0.4, 0.5) is 4.39 Å². The van der Waals surface area contributed by atoms with E-state index in [1.165, 1.54) is 5.56 Å². The van der Waals surface area contributed by atoms with E-state index in [1.807, 2.05) is 31.7 Å². The number of halogens is 1. The highest BCUT2D eigenvalue weighted by Gasteiger charge is 2.44. The lowest BCUT2D eigenvalue weighted by molar-refractivity contribution is 0.189. The third-order valence-electron chi connectivity index (χ3n) is 6.23. The quantitative estimate of drug-likeness (QED) is 0.665. The molecule has 144 valence electrons. The summed E-state index contributed by atoms with van der Waals surface area (Å²) in [5, 5.41) is 3.59. The third-order valence-corrected chi connectivity index (χ3v) is 6.23. The largest absolute Gasteiger partial charge is 0.355 e. The van der Waals surface area contributed by atoms with Crippen LogP contribution in [0, 0.1) is 11.7 Å². The fourth-order valence-corrected chi connectivity index (χ4v) is 4.20. The van der Waals surface area contributed by atoms with E-state index in [-0.39, 0.29) is 11.2 Å². The zero-order valence-electron chi connectivity index (χ0n) is 16.1. The minimum Gasteiger partial charge on any atom is -0.355 e. The van der Waals surface area contributed by atoms with Gasteiger partial charge in [0.25, 0.3) is 0 Å². The molecule has 2 fully saturated rings. The number of aliphatic imine (C=N–C) groups is 1. The van der Waals surface area contributed by atoms with Crippen LogP contribution in [0.5, 0.6) is 0 Å². The van der Waals surface area contributed by atoms with Crippen LogP contribution >= 0.6 is 0 Å². The van der Waals surface area contributed by atoms with Crippen molar-refractivity contribution in [2.24, 2.45) is 10.9 Å². The highest BCUT2D eigenvalue weighted by Crippen LogP contribution is 2.47. The summed E-state index contributed by atoms with van der Waals surface area (Å²) in [6, 6.07) is 7.37. The maximum Gasteiger partial charge on any atom is 0.193 e. The number of likely N-dealkylation sites (tertiary alicyclic amines) is 1. The average molecular weight is 369 g/mol. The van der Waals surface area contributed by atoms with Crippen LogP contribution in [0.15, 0.2) is 48.0 Å². The van der Waals surface area contributed by atoms with Crippen molar-refractivity contribution in [3.8, 4) is 0 Å². The Bertz CT molecular complexity index is 779. The highest BCUT2D eigenvalue weighted by molar-refractivity contribution is 5.80. The summed E-state index contributed by atoms with van der Waals surface area (Å²) in [7, 11) is 1.85. The summed E-state index contributed by atoms with van der Waals surface area (Å²) >= 11 is 0. The normalized spacial score (nSPS) is 24.7. The fraction of sp³-hybridized carbons (Fsp3) is 0.524. The van der Waals surface area contributed by atoms with Gasteiger partial charge < -0.3 is 14.8 Å². The Morgan fingerprint density at radius 2 is 2.11 bits per heavy atom. The van der Waals surface area contributed by atoms with E-state index in [2.05, 4.69) is 37.9 Å². The molecular formula is C21H28FN5. The van der Waals surface area contributed by atoms with E-state index >= 15 is 0 Å². The molecular weight excluding hydrogens is 341 g/mol. The minimum absolute atomic E-state index is 0.121. The van der Waals surface area contributed by atoms with E-state index < -0.39 is 0 Å². The number of imidazole rings is 1. The average Bonchev–Trinajstić information content (AvgIpc) is 3.27. The Labute approximate surface area is 160 Å². The minimum atomic E-state index is -0.175. The van der Waals surface area contributed by atoms with Gasteiger partial charge in [-0.3, -0.25) is 4.99 Å². The molecule has 1 saturated heterocycles. The van der Waals surface area contributed by atoms with Crippen LogP contribution in [0.3, 0.4) is 0 Å². The van der Waals surface area contributed by atoms with Crippen molar-refractivity contribution < 1.29 is 4.39 Å². The molecule has 6 heteroatoms. The van der Waals surface area contributed by atoms with Gasteiger partial charge in [-0.15, -0.1) is 0 Å². The number of hydrogen-bond acceptors (Lipinski definition) is 2. The lowest BCUT2D eigenvalue weighted by Gasteiger charge is -2.39. The maximum atomic E-state index is 13.2. The van der Waals surface area contributed by atoms with Gasteiger partial charge in [-0.05, 0) is 42.9 Å². The second-order valence-corrected chi connectivity index (χ2v) is 7.98. The Balaban J connectivity index is 1.41. The molecule has 1 aromatic heterocycles. The number of nitrogens with zero attached hydrogens (tertiary/aromatic N) is 4. The fourth-order valence-electron chi connectivity index (χ4n) is 4.20. The number of guanidine groups is 1. The summed E-state index contributed by atoms with van der Waals surface area (Å²) in [5.41, 5.74) is 1.34. The number of piperidine rings is 1. The molecule has 27 heavy (non-hydrogen) atoms. The molecule has 1 saturated carbocycles. The van der Waals surface area contributed by atoms with E-state index in [0.717, 1.165) is 44.9 Å². The Morgan fingerprint density at radius 3 is 2.74 bits per heavy atom. The van der Waals surface area contributed by atoms with Crippen molar-refractivity contribution in [1.82, 2.24) is 19.8 Å². The predicted octanol–water partition coefficient (Wildman–Crippen LogP) is 3.21. The van der Waals surface area contributed by atoms with Gasteiger partial charge in [0.1, 0.15) is 5.82 Å². The van der Waals surface area contributed by atoms with Crippen LogP contribution in [0.1, 0.15) is 37.8 Å². The van der Waals surface area contributed by atoms with Crippen LogP contribution in [-0.2, 0) is 5.41 Å². The molecule has 0 bridgehead atoms. The van der Waals surface area contributed by atoms with E-state index in [1.54, 1.807) is 12.1 Å². The number of rotatable bonds is 4. The molecule has 0 amide bonds. The molecule has 1 aliphatic heterocycles. The predicted molar refractivity (Wildman–Crippen MR) is 105 cm³/mol. The van der Waals surface area contributed by atoms with Gasteiger partial charge in [0.15, 0.2) is 5.96 Å². The number of nitrogens with one attached hydrogen (secondary N) is 1. The van der Waals surface area contributed by atoms with Crippen LogP contribution in [-0.4, -0.2) is 47.1 Å². The van der Waals surface area contributed by atoms with Crippen molar-refractivity contribution in [3.63, 3.8) is 0 Å². The maximum absolute atomic E-state index is 13.2. The van der Waals surface area contributed by atoms with Gasteiger partial charge in [-0.1, -0.05) is 19.1 Å². The van der Waals surface area contributed by atoms with Crippen molar-refractivity contribution in [1.29, 1.82) is 0 Å². The molecule has 1 N–H and O–H groups in total. The second kappa shape index (κ2) is 7.33. The smallest absolute Gasteiger partial charge is 0.193 e. The lowest BCUT2D eigenvalue weighted by Crippen LogP contribution is -2.50. The number of aromatic nitrogens is 2. The van der Waals surface area contributed by atoms with Gasteiger partial charge in [-0.25, -0.2) is 9.37 Å². The molecule has 1 aliphatic carbocycles. The molecule has 2 unspecified atom stereocenters. The van der Waals surface area contributed by atoms with Crippen LogP contribution in [0.25, 0.3) is 0 Å². The summed E-state index contributed by atoms with van der Waals surface area (Å²) in [5.74, 6) is 1.40. The van der Waals surface area contributed by atoms with Crippen molar-refractivity contribution in [2.45, 2.75) is 37.6 Å². The van der Waals surface area contributed by atoms with Gasteiger partial charge in [0.2, 0.25) is 0 Å². The Morgan fingerprint density at radius 1 is 1.33 bits per heavy atom. The summed E-state index contributed by atoms with van der Waals surface area (Å²) < 4.78 is 15.5. The van der Waals surface area contributed by atoms with Gasteiger partial charge >= 0.3 is 0 Å². The number of benzene rings is 1. The summed E-state index contributed by atoms with van der Waals surface area (Å²) in [6.45, 7) is 5.09. The first kappa shape index (κ1) is 18.0. The topological polar surface area (TPSA) is 45.5 Å². The lowest BCUT2D eigenvalue weighted by atomic mass is 9.93. The number of hydrogen-bond donors (Lipinski definition) is 1. The molecule has 2 aromatic rings. The van der Waals surface area contributed by atoms with Gasteiger partial charge in [0.05, 0.1) is 12.4 Å². The third kappa shape index (κ3) is 3.70. The molecule has 5 nitrogen and oxygen atoms in total. The first-order valence-electron chi connectivity index (χ1n) is 9.80. The molecule has 2 heterocycles. The summed E-state index contributed by atoms with van der Waals surface area (Å²) in [4.78, 5) is 11.1. The molecule has 2 atom stereocenters. The van der Waals surface area contributed by atoms with E-state index in [9.17, 15) is 4.39 Å². The molecule has 4 rings (SSSR count). The van der Waals surface area contributed by atoms with Gasteiger partial charge in [-0.2, -0.15) is 0 Å². The zero-order valence-corrected chi connectivity index (χ0v) is 16.1. The van der Waals surface area contributed by atoms with Crippen molar-refractivity contribution >= 4 is 5.96 Å². The molecule has 0 spiro atoms. The molecule has 0 radical (unpaired) electrons. The monoisotopic (exact) mass is 369 g/mol. The van der Waals surface area contributed by atoms with Crippen LogP contribution in [0.2, 0.25) is 0 Å². The highest BCUT2D eigenvalue weighted by atomic mass is 19.1. The SMILES string of the molecule is CN=C(NCC1(c2ccc(F)cc2)CC1)N1CCC(C)C(n2ccnc2)C1. The van der Waals surface area contributed by atoms with Crippen molar-refractivity contribution in [3.05, 3.63) is 54.4 Å². The summed E-state index contributed by atoms with van der Waals surface area (Å²) in [6.07, 6.45) is 9.21. The standard InChI is InChI=1S/C21H28FN5/c1-16-7-11-26(13-19(16)27-12-10-24-15-27)20(23-2)25-14-21(8-9-21)17-3-5-18(22)6-4-17/h3-6,10,12,15-16,19H,7-9,11,13-14H2,1-2H3,(H,23,25). The Kier molecular flexibility index (Phi) is 4.89. The second-order valence-electron chi connectivity index (χ2n) is 7.98. The molecule has 2 aliphatic rings. The van der Waals surface area contributed by atoms with E-state index in [0.29, 0.717) is 12.0 Å². The van der Waals surface area contributed by atoms with Crippen LogP contribution < -0.4 is 5.32 Å². The van der Waals surface area contributed by atoms with Crippen molar-refractivity contribution in [2.75, 3.05) is 26.7 Å². The first-order chi connectivity index (χ1) is 13.1. The zero-order chi connectivity index (χ0) is 18.9. The van der Waals surface area contributed by atoms with E-state index in [4.69, 9.17) is 0 Å². The van der Waals surface area contributed by atoms with Gasteiger partial charge in [0, 0.05) is 44.5 Å².